The minimum Gasteiger partial charge on any atom is -0.436 e. The van der Waals surface area contributed by atoms with Gasteiger partial charge in [-0.3, -0.25) is 9.59 Å². The van der Waals surface area contributed by atoms with Crippen LogP contribution in [-0.2, 0) is 9.59 Å². The van der Waals surface area contributed by atoms with Crippen molar-refractivity contribution in [3.05, 3.63) is 46.4 Å². The number of rotatable bonds is 2. The van der Waals surface area contributed by atoms with Crippen LogP contribution in [-0.4, -0.2) is 22.4 Å². The van der Waals surface area contributed by atoms with Crippen molar-refractivity contribution in [2.45, 2.75) is 0 Å². The second kappa shape index (κ2) is 5.81. The van der Waals surface area contributed by atoms with E-state index in [1.54, 1.807) is 36.4 Å². The van der Waals surface area contributed by atoms with Gasteiger partial charge in [-0.1, -0.05) is 29.3 Å². The average Bonchev–Trinajstić information content (AvgIpc) is 3.13. The van der Waals surface area contributed by atoms with Gasteiger partial charge in [-0.25, -0.2) is 9.29 Å². The van der Waals surface area contributed by atoms with Crippen LogP contribution in [0.4, 0.5) is 5.69 Å². The number of hydrogen-bond donors (Lipinski definition) is 0. The third kappa shape index (κ3) is 2.47. The number of carbonyl (C=O) groups excluding carboxylic acids is 2. The summed E-state index contributed by atoms with van der Waals surface area (Å²) in [6, 6.07) is 10.3. The molecule has 0 aliphatic carbocycles. The Kier molecular flexibility index (Phi) is 3.75. The maximum Gasteiger partial charge on any atom is 0.305 e. The van der Waals surface area contributed by atoms with Crippen LogP contribution in [0.2, 0.25) is 10.0 Å². The summed E-state index contributed by atoms with van der Waals surface area (Å²) in [5.41, 5.74) is 2.28. The Morgan fingerprint density at radius 2 is 2.00 bits per heavy atom. The van der Waals surface area contributed by atoms with Crippen molar-refractivity contribution in [1.29, 1.82) is 0 Å². The number of anilines is 1. The Labute approximate surface area is 150 Å². The molecule has 2 aromatic carbocycles. The van der Waals surface area contributed by atoms with E-state index in [0.29, 0.717) is 38.3 Å². The summed E-state index contributed by atoms with van der Waals surface area (Å²) >= 11 is 13.4. The Morgan fingerprint density at radius 3 is 2.75 bits per heavy atom. The maximum absolute atomic E-state index is 11.8. The lowest BCUT2D eigenvalue weighted by Gasteiger charge is -2.11. The van der Waals surface area contributed by atoms with Gasteiger partial charge in [0.15, 0.2) is 5.58 Å². The van der Waals surface area contributed by atoms with E-state index in [0.717, 1.165) is 0 Å². The van der Waals surface area contributed by atoms with Crippen LogP contribution in [0.3, 0.4) is 0 Å². The van der Waals surface area contributed by atoms with E-state index in [2.05, 4.69) is 4.98 Å². The van der Waals surface area contributed by atoms with Crippen LogP contribution >= 0.6 is 35.1 Å². The quantitative estimate of drug-likeness (QED) is 0.489. The predicted molar refractivity (Wildman–Crippen MR) is 94.4 cm³/mol. The van der Waals surface area contributed by atoms with Gasteiger partial charge in [-0.15, -0.1) is 0 Å². The standard InChI is InChI=1S/C16H8Cl2N2O3S/c17-10-3-1-2-9(14(10)18)15-19-11-6-8(4-5-13(11)23-15)20-16(22)12(21)7-24-20/h1-6H,7H2. The number of ketones is 1. The first-order valence-electron chi connectivity index (χ1n) is 6.90. The van der Waals surface area contributed by atoms with Crippen molar-refractivity contribution >= 4 is 63.6 Å². The van der Waals surface area contributed by atoms with Gasteiger partial charge in [0.25, 0.3) is 0 Å². The van der Waals surface area contributed by atoms with Gasteiger partial charge in [0, 0.05) is 0 Å². The fraction of sp³-hybridized carbons (Fsp3) is 0.0625. The van der Waals surface area contributed by atoms with Crippen LogP contribution in [0.15, 0.2) is 40.8 Å². The molecular weight excluding hydrogens is 371 g/mol. The molecule has 0 bridgehead atoms. The van der Waals surface area contributed by atoms with Crippen molar-refractivity contribution in [3.8, 4) is 11.5 Å². The number of Topliss-reactive ketones (excluding diaryl/α,β-unsaturated/α-hetero) is 1. The summed E-state index contributed by atoms with van der Waals surface area (Å²) in [4.78, 5) is 27.7. The molecule has 1 aromatic heterocycles. The van der Waals surface area contributed by atoms with E-state index >= 15 is 0 Å². The number of benzene rings is 2. The molecule has 24 heavy (non-hydrogen) atoms. The van der Waals surface area contributed by atoms with Crippen molar-refractivity contribution < 1.29 is 14.0 Å². The Bertz CT molecular complexity index is 1000. The van der Waals surface area contributed by atoms with Gasteiger partial charge < -0.3 is 4.42 Å². The number of nitrogens with zero attached hydrogens (tertiary/aromatic N) is 2. The highest BCUT2D eigenvalue weighted by molar-refractivity contribution is 8.03. The molecule has 1 fully saturated rings. The molecule has 8 heteroatoms. The largest absolute Gasteiger partial charge is 0.436 e. The lowest BCUT2D eigenvalue weighted by atomic mass is 10.2. The monoisotopic (exact) mass is 378 g/mol. The van der Waals surface area contributed by atoms with E-state index < -0.39 is 11.7 Å². The molecule has 0 radical (unpaired) electrons. The SMILES string of the molecule is O=C1CSN(c2ccc3oc(-c4cccc(Cl)c4Cl)nc3c2)C1=O. The van der Waals surface area contributed by atoms with Crippen molar-refractivity contribution in [2.24, 2.45) is 0 Å². The zero-order chi connectivity index (χ0) is 16.8. The molecular formula is C16H8Cl2N2O3S. The predicted octanol–water partition coefficient (Wildman–Crippen LogP) is 4.37. The fourth-order valence-electron chi connectivity index (χ4n) is 2.37. The number of oxazole rings is 1. The first-order chi connectivity index (χ1) is 11.5. The number of aromatic nitrogens is 1. The van der Waals surface area contributed by atoms with Crippen LogP contribution < -0.4 is 4.31 Å². The van der Waals surface area contributed by atoms with Crippen LogP contribution in [0, 0.1) is 0 Å². The average molecular weight is 379 g/mol. The van der Waals surface area contributed by atoms with E-state index in [9.17, 15) is 9.59 Å². The first-order valence-corrected chi connectivity index (χ1v) is 8.59. The van der Waals surface area contributed by atoms with Crippen molar-refractivity contribution in [1.82, 2.24) is 4.98 Å². The number of fused-ring (bicyclic) bond motifs is 1. The van der Waals surface area contributed by atoms with Gasteiger partial charge in [-0.05, 0) is 42.3 Å². The zero-order valence-corrected chi connectivity index (χ0v) is 14.3. The molecule has 1 aliphatic heterocycles. The molecule has 0 unspecified atom stereocenters. The number of carbonyl (C=O) groups is 2. The van der Waals surface area contributed by atoms with Gasteiger partial charge in [0.2, 0.25) is 11.7 Å². The van der Waals surface area contributed by atoms with Crippen LogP contribution in [0.5, 0.6) is 0 Å². The summed E-state index contributed by atoms with van der Waals surface area (Å²) in [6.07, 6.45) is 0. The normalized spacial score (nSPS) is 14.8. The van der Waals surface area contributed by atoms with Gasteiger partial charge in [0.1, 0.15) is 5.52 Å². The number of amides is 1. The van der Waals surface area contributed by atoms with Gasteiger partial charge in [0.05, 0.1) is 27.0 Å². The van der Waals surface area contributed by atoms with E-state index in [-0.39, 0.29) is 5.75 Å². The minimum atomic E-state index is -0.527. The van der Waals surface area contributed by atoms with E-state index in [1.165, 1.54) is 16.3 Å². The lowest BCUT2D eigenvalue weighted by molar-refractivity contribution is -0.133. The highest BCUT2D eigenvalue weighted by Crippen LogP contribution is 2.36. The van der Waals surface area contributed by atoms with E-state index in [1.807, 2.05) is 0 Å². The third-order valence-corrected chi connectivity index (χ3v) is 5.38. The maximum atomic E-state index is 11.8. The van der Waals surface area contributed by atoms with Crippen molar-refractivity contribution in [2.75, 3.05) is 10.1 Å². The molecule has 3 aromatic rings. The smallest absolute Gasteiger partial charge is 0.305 e. The third-order valence-electron chi connectivity index (χ3n) is 3.54. The second-order valence-electron chi connectivity index (χ2n) is 5.07. The number of halogens is 2. The van der Waals surface area contributed by atoms with Crippen LogP contribution in [0.1, 0.15) is 0 Å². The molecule has 2 heterocycles. The summed E-state index contributed by atoms with van der Waals surface area (Å²) in [6.45, 7) is 0. The molecule has 4 rings (SSSR count). The Balaban J connectivity index is 1.78. The highest BCUT2D eigenvalue weighted by atomic mass is 35.5. The molecule has 0 atom stereocenters. The zero-order valence-electron chi connectivity index (χ0n) is 12.0. The molecule has 5 nitrogen and oxygen atoms in total. The van der Waals surface area contributed by atoms with E-state index in [4.69, 9.17) is 27.6 Å². The molecule has 1 saturated heterocycles. The van der Waals surface area contributed by atoms with Gasteiger partial charge in [-0.2, -0.15) is 0 Å². The molecule has 0 spiro atoms. The highest BCUT2D eigenvalue weighted by Gasteiger charge is 2.32. The lowest BCUT2D eigenvalue weighted by Crippen LogP contribution is -2.22. The fourth-order valence-corrected chi connectivity index (χ4v) is 3.61. The van der Waals surface area contributed by atoms with Gasteiger partial charge >= 0.3 is 5.91 Å². The summed E-state index contributed by atoms with van der Waals surface area (Å²) in [5, 5.41) is 0.775. The topological polar surface area (TPSA) is 63.4 Å². The summed E-state index contributed by atoms with van der Waals surface area (Å²) in [5.74, 6) is -0.447. The summed E-state index contributed by atoms with van der Waals surface area (Å²) in [7, 11) is 0. The first kappa shape index (κ1) is 15.5. The Hall–Kier alpha value is -2.02. The summed E-state index contributed by atoms with van der Waals surface area (Å²) < 4.78 is 7.09. The number of hydrogen-bond acceptors (Lipinski definition) is 5. The minimum absolute atomic E-state index is 0.152. The molecule has 120 valence electrons. The molecule has 0 saturated carbocycles. The van der Waals surface area contributed by atoms with Crippen LogP contribution in [0.25, 0.3) is 22.6 Å². The molecule has 1 amide bonds. The molecule has 1 aliphatic rings. The van der Waals surface area contributed by atoms with Crippen molar-refractivity contribution in [3.63, 3.8) is 0 Å². The second-order valence-corrected chi connectivity index (χ2v) is 6.77. The molecule has 0 N–H and O–H groups in total. The Morgan fingerprint density at radius 1 is 1.17 bits per heavy atom.